The molecule has 0 bridgehead atoms. The minimum absolute atomic E-state index is 0. The van der Waals surface area contributed by atoms with Gasteiger partial charge in [0, 0.05) is 38.4 Å². The van der Waals surface area contributed by atoms with E-state index in [0.717, 1.165) is 16.0 Å². The van der Waals surface area contributed by atoms with Gasteiger partial charge in [-0.3, -0.25) is 4.98 Å². The van der Waals surface area contributed by atoms with Gasteiger partial charge in [-0.1, -0.05) is 24.3 Å². The molecule has 0 aliphatic rings. The van der Waals surface area contributed by atoms with Crippen molar-refractivity contribution in [3.63, 3.8) is 0 Å². The minimum Gasteiger partial charge on any atom is -0.299 e. The molecule has 1 aromatic carbocycles. The molecule has 0 aliphatic carbocycles. The molecule has 3 radical (unpaired) electrons. The first-order chi connectivity index (χ1) is 7.83. The van der Waals surface area contributed by atoms with Gasteiger partial charge in [0.15, 0.2) is 0 Å². The summed E-state index contributed by atoms with van der Waals surface area (Å²) in [4.78, 5) is 5.33. The summed E-state index contributed by atoms with van der Waals surface area (Å²) in [5.74, 6) is 0. The minimum atomic E-state index is 0. The summed E-state index contributed by atoms with van der Waals surface area (Å²) in [7, 11) is 0. The number of pyridine rings is 1. The zero-order valence-electron chi connectivity index (χ0n) is 8.81. The van der Waals surface area contributed by atoms with Gasteiger partial charge in [-0.05, 0) is 15.6 Å². The van der Waals surface area contributed by atoms with Gasteiger partial charge < -0.3 is 0 Å². The largest absolute Gasteiger partial charge is 0.299 e. The van der Waals surface area contributed by atoms with Gasteiger partial charge in [0.25, 0.3) is 0 Å². The Morgan fingerprint density at radius 3 is 2.65 bits per heavy atom. The van der Waals surface area contributed by atoms with Crippen LogP contribution in [0.15, 0.2) is 42.5 Å². The van der Waals surface area contributed by atoms with Crippen molar-refractivity contribution in [2.24, 2.45) is 0 Å². The van der Waals surface area contributed by atoms with Gasteiger partial charge in [-0.25, -0.2) is 11.3 Å². The van der Waals surface area contributed by atoms with Crippen molar-refractivity contribution in [2.75, 3.05) is 0 Å². The molecular weight excluding hydrogens is 406 g/mol. The molecule has 17 heavy (non-hydrogen) atoms. The Labute approximate surface area is 118 Å². The van der Waals surface area contributed by atoms with E-state index in [-0.39, 0.29) is 20.1 Å². The number of hydrogen-bond donors (Lipinski definition) is 0. The Hall–Kier alpha value is -1.02. The van der Waals surface area contributed by atoms with Crippen LogP contribution in [0.3, 0.4) is 0 Å². The SMILES string of the molecule is [CH]c1cccc(-c2[c-]c3ccccc3s2)n1.[Ir]. The molecule has 0 N–H and O–H groups in total. The molecule has 85 valence electrons. The monoisotopic (exact) mass is 415 g/mol. The normalized spacial score (nSPS) is 10.2. The fourth-order valence-electron chi connectivity index (χ4n) is 1.61. The topological polar surface area (TPSA) is 12.9 Å². The number of benzene rings is 1. The van der Waals surface area contributed by atoms with E-state index in [1.807, 2.05) is 24.3 Å². The first kappa shape index (κ1) is 12.4. The second-order valence-corrected chi connectivity index (χ2v) is 4.55. The van der Waals surface area contributed by atoms with E-state index in [1.54, 1.807) is 17.4 Å². The molecule has 0 atom stereocenters. The van der Waals surface area contributed by atoms with Crippen LogP contribution in [-0.2, 0) is 20.1 Å². The van der Waals surface area contributed by atoms with Crippen molar-refractivity contribution in [3.8, 4) is 10.6 Å². The molecule has 0 spiro atoms. The Bertz CT molecular complexity index is 612. The molecule has 3 rings (SSSR count). The summed E-state index contributed by atoms with van der Waals surface area (Å²) >= 11 is 1.69. The van der Waals surface area contributed by atoms with E-state index >= 15 is 0 Å². The zero-order valence-corrected chi connectivity index (χ0v) is 12.0. The maximum absolute atomic E-state index is 5.67. The molecule has 2 heterocycles. The summed E-state index contributed by atoms with van der Waals surface area (Å²) in [5, 5.41) is 1.13. The fourth-order valence-corrected chi connectivity index (χ4v) is 2.59. The second-order valence-electron chi connectivity index (χ2n) is 3.50. The summed E-state index contributed by atoms with van der Waals surface area (Å²) in [6.45, 7) is 5.67. The van der Waals surface area contributed by atoms with Crippen LogP contribution in [0, 0.1) is 13.0 Å². The standard InChI is InChI=1S/C14H8NS.Ir/c1-10-5-4-7-12(15-10)14-9-11-6-2-3-8-13(11)16-14;/h1-8H;/q-1;. The Kier molecular flexibility index (Phi) is 3.72. The number of nitrogens with zero attached hydrogens (tertiary/aromatic N) is 1. The maximum atomic E-state index is 5.67. The van der Waals surface area contributed by atoms with E-state index in [4.69, 9.17) is 6.92 Å². The van der Waals surface area contributed by atoms with E-state index in [2.05, 4.69) is 23.2 Å². The number of thiophene rings is 1. The third-order valence-corrected chi connectivity index (χ3v) is 3.44. The quantitative estimate of drug-likeness (QED) is 0.552. The van der Waals surface area contributed by atoms with Crippen molar-refractivity contribution in [3.05, 3.63) is 61.1 Å². The van der Waals surface area contributed by atoms with Gasteiger partial charge in [0.2, 0.25) is 0 Å². The Morgan fingerprint density at radius 2 is 1.88 bits per heavy atom. The van der Waals surface area contributed by atoms with E-state index < -0.39 is 0 Å². The molecule has 0 aliphatic heterocycles. The van der Waals surface area contributed by atoms with Crippen molar-refractivity contribution in [2.45, 2.75) is 0 Å². The number of aromatic nitrogens is 1. The van der Waals surface area contributed by atoms with Crippen LogP contribution < -0.4 is 0 Å². The van der Waals surface area contributed by atoms with Crippen LogP contribution in [0.5, 0.6) is 0 Å². The van der Waals surface area contributed by atoms with Crippen molar-refractivity contribution < 1.29 is 20.1 Å². The van der Waals surface area contributed by atoms with Gasteiger partial charge in [0.05, 0.1) is 0 Å². The zero-order chi connectivity index (χ0) is 11.0. The van der Waals surface area contributed by atoms with Gasteiger partial charge in [0.1, 0.15) is 0 Å². The Morgan fingerprint density at radius 1 is 1.06 bits per heavy atom. The summed E-state index contributed by atoms with van der Waals surface area (Å²) in [6, 6.07) is 17.2. The smallest absolute Gasteiger partial charge is 0.0342 e. The fraction of sp³-hybridized carbons (Fsp3) is 0. The first-order valence-corrected chi connectivity index (χ1v) is 5.78. The van der Waals surface area contributed by atoms with E-state index in [9.17, 15) is 0 Å². The molecule has 0 fully saturated rings. The summed E-state index contributed by atoms with van der Waals surface area (Å²) < 4.78 is 1.22. The molecule has 1 nitrogen and oxygen atoms in total. The van der Waals surface area contributed by atoms with Gasteiger partial charge >= 0.3 is 0 Å². The Balaban J connectivity index is 0.00000108. The average molecular weight is 415 g/mol. The molecule has 0 saturated heterocycles. The predicted molar refractivity (Wildman–Crippen MR) is 67.3 cm³/mol. The van der Waals surface area contributed by atoms with Crippen molar-refractivity contribution in [1.29, 1.82) is 0 Å². The van der Waals surface area contributed by atoms with Crippen LogP contribution in [0.1, 0.15) is 5.69 Å². The number of fused-ring (bicyclic) bond motifs is 1. The van der Waals surface area contributed by atoms with Crippen molar-refractivity contribution >= 4 is 21.4 Å². The average Bonchev–Trinajstić information content (AvgIpc) is 2.72. The molecule has 3 heteroatoms. The first-order valence-electron chi connectivity index (χ1n) is 4.97. The predicted octanol–water partition coefficient (Wildman–Crippen LogP) is 3.82. The maximum Gasteiger partial charge on any atom is 0.0342 e. The van der Waals surface area contributed by atoms with E-state index in [0.29, 0.717) is 5.69 Å². The summed E-state index contributed by atoms with van der Waals surface area (Å²) in [6.07, 6.45) is 0. The number of hydrogen-bond acceptors (Lipinski definition) is 2. The third-order valence-electron chi connectivity index (χ3n) is 2.35. The van der Waals surface area contributed by atoms with Crippen LogP contribution in [0.2, 0.25) is 0 Å². The van der Waals surface area contributed by atoms with E-state index in [1.165, 1.54) is 4.70 Å². The second kappa shape index (κ2) is 5.09. The third kappa shape index (κ3) is 2.47. The van der Waals surface area contributed by atoms with Gasteiger partial charge in [-0.2, -0.15) is 0 Å². The van der Waals surface area contributed by atoms with Crippen LogP contribution >= 0.6 is 11.3 Å². The molecule has 2 aromatic heterocycles. The number of rotatable bonds is 1. The van der Waals surface area contributed by atoms with Crippen molar-refractivity contribution in [1.82, 2.24) is 4.98 Å². The van der Waals surface area contributed by atoms with Gasteiger partial charge in [-0.15, -0.1) is 23.6 Å². The molecule has 0 unspecified atom stereocenters. The van der Waals surface area contributed by atoms with Crippen LogP contribution in [-0.4, -0.2) is 4.98 Å². The van der Waals surface area contributed by atoms with Crippen LogP contribution in [0.25, 0.3) is 20.7 Å². The molecular formula is C14H8IrNS-. The summed E-state index contributed by atoms with van der Waals surface area (Å²) in [5.41, 5.74) is 1.43. The van der Waals surface area contributed by atoms with Crippen LogP contribution in [0.4, 0.5) is 0 Å². The molecule has 3 aromatic rings. The molecule has 0 amide bonds. The molecule has 0 saturated carbocycles.